The average molecular weight is 223 g/mol. The summed E-state index contributed by atoms with van der Waals surface area (Å²) in [5.41, 5.74) is 0. The quantitative estimate of drug-likeness (QED) is 0.765. The smallest absolute Gasteiger partial charge is 0.150 e. The van der Waals surface area contributed by atoms with Crippen LogP contribution in [0, 0.1) is 5.92 Å². The number of nitrogens with one attached hydrogen (secondary N) is 1. The van der Waals surface area contributed by atoms with E-state index >= 15 is 0 Å². The molecule has 1 rings (SSSR count). The Balaban J connectivity index is 2.43. The summed E-state index contributed by atoms with van der Waals surface area (Å²) >= 11 is 0. The summed E-state index contributed by atoms with van der Waals surface area (Å²) in [6, 6.07) is 0. The molecular formula is C9H18FNO2S. The minimum Gasteiger partial charge on any atom is -0.320 e. The predicted octanol–water partition coefficient (Wildman–Crippen LogP) is 0.759. The second kappa shape index (κ2) is 5.07. The van der Waals surface area contributed by atoms with Gasteiger partial charge in [-0.15, -0.1) is 0 Å². The van der Waals surface area contributed by atoms with Crippen molar-refractivity contribution in [2.45, 2.75) is 25.4 Å². The highest BCUT2D eigenvalue weighted by molar-refractivity contribution is 7.91. The van der Waals surface area contributed by atoms with E-state index in [9.17, 15) is 12.8 Å². The first-order valence-corrected chi connectivity index (χ1v) is 6.86. The molecule has 1 saturated heterocycles. The third-order valence-corrected chi connectivity index (χ3v) is 4.53. The summed E-state index contributed by atoms with van der Waals surface area (Å²) in [5.74, 6) is 0.00207. The van der Waals surface area contributed by atoms with E-state index in [4.69, 9.17) is 0 Å². The monoisotopic (exact) mass is 223 g/mol. The van der Waals surface area contributed by atoms with Crippen LogP contribution in [0.3, 0.4) is 0 Å². The Hall–Kier alpha value is -0.160. The van der Waals surface area contributed by atoms with Gasteiger partial charge < -0.3 is 5.32 Å². The molecule has 0 spiro atoms. The van der Waals surface area contributed by atoms with E-state index in [2.05, 4.69) is 5.32 Å². The Labute approximate surface area is 85.0 Å². The Morgan fingerprint density at radius 3 is 2.86 bits per heavy atom. The van der Waals surface area contributed by atoms with Crippen LogP contribution in [-0.4, -0.2) is 39.7 Å². The van der Waals surface area contributed by atoms with Gasteiger partial charge in [0.25, 0.3) is 0 Å². The van der Waals surface area contributed by atoms with Crippen LogP contribution >= 0.6 is 0 Å². The molecule has 0 amide bonds. The summed E-state index contributed by atoms with van der Waals surface area (Å²) in [4.78, 5) is 0. The third-order valence-electron chi connectivity index (χ3n) is 2.68. The average Bonchev–Trinajstić information content (AvgIpc) is 2.12. The van der Waals surface area contributed by atoms with E-state index in [-0.39, 0.29) is 17.4 Å². The second-order valence-corrected chi connectivity index (χ2v) is 6.15. The molecule has 1 N–H and O–H groups in total. The molecule has 0 radical (unpaired) electrons. The van der Waals surface area contributed by atoms with E-state index in [0.717, 1.165) is 0 Å². The van der Waals surface area contributed by atoms with E-state index < -0.39 is 16.0 Å². The van der Waals surface area contributed by atoms with Crippen molar-refractivity contribution in [3.05, 3.63) is 0 Å². The number of rotatable bonds is 4. The van der Waals surface area contributed by atoms with E-state index in [1.807, 2.05) is 0 Å². The summed E-state index contributed by atoms with van der Waals surface area (Å²) in [6.45, 7) is 0.609. The molecule has 3 nitrogen and oxygen atoms in total. The van der Waals surface area contributed by atoms with Crippen molar-refractivity contribution in [2.75, 3.05) is 25.1 Å². The predicted molar refractivity (Wildman–Crippen MR) is 54.8 cm³/mol. The molecule has 0 aromatic carbocycles. The minimum absolute atomic E-state index is 0.0396. The van der Waals surface area contributed by atoms with Gasteiger partial charge in [-0.1, -0.05) is 0 Å². The number of sulfone groups is 1. The van der Waals surface area contributed by atoms with Crippen LogP contribution < -0.4 is 5.32 Å². The lowest BCUT2D eigenvalue weighted by atomic mass is 9.97. The molecule has 0 saturated carbocycles. The maximum absolute atomic E-state index is 13.5. The van der Waals surface area contributed by atoms with Gasteiger partial charge in [0, 0.05) is 5.92 Å². The van der Waals surface area contributed by atoms with Gasteiger partial charge in [-0.3, -0.25) is 0 Å². The zero-order chi connectivity index (χ0) is 10.6. The molecule has 2 unspecified atom stereocenters. The fourth-order valence-electron chi connectivity index (χ4n) is 1.86. The van der Waals surface area contributed by atoms with Gasteiger partial charge in [-0.2, -0.15) is 0 Å². The Morgan fingerprint density at radius 1 is 1.57 bits per heavy atom. The number of halogens is 1. The van der Waals surface area contributed by atoms with Crippen LogP contribution in [0.5, 0.6) is 0 Å². The maximum atomic E-state index is 13.5. The summed E-state index contributed by atoms with van der Waals surface area (Å²) in [7, 11) is -1.19. The third kappa shape index (κ3) is 3.53. The Bertz CT molecular complexity index is 266. The highest BCUT2D eigenvalue weighted by Gasteiger charge is 2.30. The lowest BCUT2D eigenvalue weighted by molar-refractivity contribution is 0.214. The van der Waals surface area contributed by atoms with Gasteiger partial charge >= 0.3 is 0 Å². The number of hydrogen-bond acceptors (Lipinski definition) is 3. The van der Waals surface area contributed by atoms with Crippen LogP contribution in [0.2, 0.25) is 0 Å². The van der Waals surface area contributed by atoms with Gasteiger partial charge in [0.1, 0.15) is 6.17 Å². The molecule has 0 bridgehead atoms. The highest BCUT2D eigenvalue weighted by atomic mass is 32.2. The fraction of sp³-hybridized carbons (Fsp3) is 1.00. The van der Waals surface area contributed by atoms with Crippen molar-refractivity contribution in [3.8, 4) is 0 Å². The van der Waals surface area contributed by atoms with Crippen molar-refractivity contribution in [2.24, 2.45) is 5.92 Å². The SMILES string of the molecule is CNCCC(F)C1CCCS(=O)(=O)C1. The zero-order valence-corrected chi connectivity index (χ0v) is 9.32. The molecular weight excluding hydrogens is 205 g/mol. The molecule has 84 valence electrons. The van der Waals surface area contributed by atoms with Crippen molar-refractivity contribution < 1.29 is 12.8 Å². The lowest BCUT2D eigenvalue weighted by Gasteiger charge is -2.24. The number of alkyl halides is 1. The van der Waals surface area contributed by atoms with Crippen LogP contribution in [0.15, 0.2) is 0 Å². The Kier molecular flexibility index (Phi) is 4.31. The molecule has 1 fully saturated rings. The second-order valence-electron chi connectivity index (χ2n) is 3.92. The van der Waals surface area contributed by atoms with Crippen molar-refractivity contribution >= 4 is 9.84 Å². The van der Waals surface area contributed by atoms with E-state index in [0.29, 0.717) is 25.8 Å². The van der Waals surface area contributed by atoms with Crippen LogP contribution in [-0.2, 0) is 9.84 Å². The molecule has 1 aliphatic rings. The first kappa shape index (κ1) is 11.9. The largest absolute Gasteiger partial charge is 0.320 e. The maximum Gasteiger partial charge on any atom is 0.150 e. The normalized spacial score (nSPS) is 28.6. The topological polar surface area (TPSA) is 46.2 Å². The van der Waals surface area contributed by atoms with Gasteiger partial charge in [-0.25, -0.2) is 12.8 Å². The first-order chi connectivity index (χ1) is 6.55. The molecule has 5 heteroatoms. The molecule has 0 aromatic rings. The van der Waals surface area contributed by atoms with E-state index in [1.54, 1.807) is 7.05 Å². The number of hydrogen-bond donors (Lipinski definition) is 1. The standard InChI is InChI=1S/C9H18FNO2S/c1-11-5-4-9(10)8-3-2-6-14(12,13)7-8/h8-9,11H,2-7H2,1H3. The van der Waals surface area contributed by atoms with Gasteiger partial charge in [0.2, 0.25) is 0 Å². The van der Waals surface area contributed by atoms with Gasteiger partial charge in [0.15, 0.2) is 9.84 Å². The molecule has 1 aliphatic heterocycles. The molecule has 0 aliphatic carbocycles. The Morgan fingerprint density at radius 2 is 2.29 bits per heavy atom. The van der Waals surface area contributed by atoms with Crippen LogP contribution in [0.4, 0.5) is 4.39 Å². The van der Waals surface area contributed by atoms with Crippen LogP contribution in [0.25, 0.3) is 0 Å². The summed E-state index contributed by atoms with van der Waals surface area (Å²) in [5, 5.41) is 2.87. The van der Waals surface area contributed by atoms with Crippen LogP contribution in [0.1, 0.15) is 19.3 Å². The minimum atomic E-state index is -2.96. The molecule has 1 heterocycles. The molecule has 2 atom stereocenters. The zero-order valence-electron chi connectivity index (χ0n) is 8.50. The highest BCUT2D eigenvalue weighted by Crippen LogP contribution is 2.24. The van der Waals surface area contributed by atoms with Gasteiger partial charge in [0.05, 0.1) is 11.5 Å². The van der Waals surface area contributed by atoms with Crippen molar-refractivity contribution in [1.29, 1.82) is 0 Å². The van der Waals surface area contributed by atoms with Crippen molar-refractivity contribution in [3.63, 3.8) is 0 Å². The van der Waals surface area contributed by atoms with Gasteiger partial charge in [-0.05, 0) is 32.9 Å². The lowest BCUT2D eigenvalue weighted by Crippen LogP contribution is -2.32. The van der Waals surface area contributed by atoms with E-state index in [1.165, 1.54) is 0 Å². The fourth-order valence-corrected chi connectivity index (χ4v) is 3.66. The summed E-state index contributed by atoms with van der Waals surface area (Å²) < 4.78 is 36.0. The summed E-state index contributed by atoms with van der Waals surface area (Å²) in [6.07, 6.45) is 0.769. The van der Waals surface area contributed by atoms with Crippen molar-refractivity contribution in [1.82, 2.24) is 5.32 Å². The molecule has 14 heavy (non-hydrogen) atoms. The molecule has 0 aromatic heterocycles. The first-order valence-electron chi connectivity index (χ1n) is 5.04.